The van der Waals surface area contributed by atoms with Crippen molar-refractivity contribution in [2.75, 3.05) is 12.3 Å². The second-order valence-corrected chi connectivity index (χ2v) is 6.29. The highest BCUT2D eigenvalue weighted by molar-refractivity contribution is 5.72. The zero-order valence-electron chi connectivity index (χ0n) is 14.1. The summed E-state index contributed by atoms with van der Waals surface area (Å²) in [7, 11) is 1.79. The number of anilines is 1. The molecule has 11 heteroatoms. The van der Waals surface area contributed by atoms with Gasteiger partial charge in [0.25, 0.3) is 0 Å². The van der Waals surface area contributed by atoms with Crippen molar-refractivity contribution in [1.29, 1.82) is 0 Å². The van der Waals surface area contributed by atoms with Crippen LogP contribution in [0.2, 0.25) is 0 Å². The third-order valence-electron chi connectivity index (χ3n) is 4.44. The van der Waals surface area contributed by atoms with Crippen LogP contribution in [0.1, 0.15) is 18.3 Å². The molecule has 0 saturated carbocycles. The number of imidazole rings is 1. The summed E-state index contributed by atoms with van der Waals surface area (Å²) < 4.78 is 9.99. The van der Waals surface area contributed by atoms with Gasteiger partial charge in [-0.2, -0.15) is 10.1 Å². The summed E-state index contributed by atoms with van der Waals surface area (Å²) in [6.45, 7) is -0.0330. The number of nitrogens with zero attached hydrogens (tertiary/aromatic N) is 6. The average molecular weight is 361 g/mol. The lowest BCUT2D eigenvalue weighted by atomic mass is 10.2. The molecule has 4 N–H and O–H groups in total. The van der Waals surface area contributed by atoms with E-state index >= 15 is 0 Å². The molecule has 26 heavy (non-hydrogen) atoms. The monoisotopic (exact) mass is 361 g/mol. The fourth-order valence-corrected chi connectivity index (χ4v) is 3.24. The largest absolute Gasteiger partial charge is 0.394 e. The van der Waals surface area contributed by atoms with Gasteiger partial charge in [-0.05, 0) is 6.07 Å². The maximum absolute atomic E-state index is 13.1. The fourth-order valence-electron chi connectivity index (χ4n) is 3.24. The quantitative estimate of drug-likeness (QED) is 0.514. The van der Waals surface area contributed by atoms with Gasteiger partial charge in [-0.25, -0.2) is 14.3 Å². The van der Waals surface area contributed by atoms with Crippen LogP contribution >= 0.6 is 0 Å². The Labute approximate surface area is 147 Å². The molecule has 3 aromatic rings. The summed E-state index contributed by atoms with van der Waals surface area (Å²) in [5.41, 5.74) is 6.67. The summed E-state index contributed by atoms with van der Waals surface area (Å²) in [5.74, 6) is 0.00688. The lowest BCUT2D eigenvalue weighted by Gasteiger charge is -2.15. The van der Waals surface area contributed by atoms with E-state index in [1.165, 1.54) is 15.3 Å². The number of aromatic nitrogens is 6. The van der Waals surface area contributed by atoms with Crippen LogP contribution < -0.4 is 11.4 Å². The topological polar surface area (TPSA) is 146 Å². The smallest absolute Gasteiger partial charge is 0.332 e. The van der Waals surface area contributed by atoms with Crippen LogP contribution in [-0.2, 0) is 18.3 Å². The van der Waals surface area contributed by atoms with Crippen LogP contribution in [0.3, 0.4) is 0 Å². The highest BCUT2D eigenvalue weighted by atomic mass is 16.5. The van der Waals surface area contributed by atoms with Gasteiger partial charge in [-0.3, -0.25) is 9.25 Å². The maximum Gasteiger partial charge on any atom is 0.332 e. The lowest BCUT2D eigenvalue weighted by Crippen LogP contribution is -2.32. The number of aliphatic hydroxyl groups is 2. The molecule has 0 bridgehead atoms. The second kappa shape index (κ2) is 6.20. The van der Waals surface area contributed by atoms with Gasteiger partial charge in [0.05, 0.1) is 31.1 Å². The van der Waals surface area contributed by atoms with Crippen molar-refractivity contribution >= 4 is 17.1 Å². The van der Waals surface area contributed by atoms with Crippen molar-refractivity contribution in [2.45, 2.75) is 31.4 Å². The molecule has 11 nitrogen and oxygen atoms in total. The molecule has 4 rings (SSSR count). The fraction of sp³-hybridized carbons (Fsp3) is 0.467. The number of hydrogen-bond acceptors (Lipinski definition) is 8. The van der Waals surface area contributed by atoms with E-state index in [1.807, 2.05) is 0 Å². The van der Waals surface area contributed by atoms with E-state index in [0.29, 0.717) is 11.2 Å². The zero-order chi connectivity index (χ0) is 18.4. The molecule has 1 aliphatic rings. The summed E-state index contributed by atoms with van der Waals surface area (Å²) >= 11 is 0. The molecule has 0 unspecified atom stereocenters. The van der Waals surface area contributed by atoms with Crippen molar-refractivity contribution in [3.8, 4) is 0 Å². The number of aryl methyl sites for hydroxylation is 1. The number of hydrogen-bond donors (Lipinski definition) is 3. The maximum atomic E-state index is 13.1. The van der Waals surface area contributed by atoms with E-state index in [2.05, 4.69) is 15.1 Å². The first-order chi connectivity index (χ1) is 12.5. The van der Waals surface area contributed by atoms with E-state index in [1.54, 1.807) is 24.0 Å². The number of rotatable bonds is 4. The third kappa shape index (κ3) is 2.66. The Hall–Kier alpha value is -2.76. The van der Waals surface area contributed by atoms with E-state index in [0.717, 1.165) is 0 Å². The molecule has 4 heterocycles. The van der Waals surface area contributed by atoms with Crippen molar-refractivity contribution < 1.29 is 14.9 Å². The molecule has 0 radical (unpaired) electrons. The average Bonchev–Trinajstić information content (AvgIpc) is 3.25. The van der Waals surface area contributed by atoms with E-state index in [9.17, 15) is 15.0 Å². The lowest BCUT2D eigenvalue weighted by molar-refractivity contribution is -0.0505. The van der Waals surface area contributed by atoms with Crippen LogP contribution in [0, 0.1) is 0 Å². The van der Waals surface area contributed by atoms with E-state index in [4.69, 9.17) is 10.5 Å². The van der Waals surface area contributed by atoms with Crippen LogP contribution in [0.25, 0.3) is 11.2 Å². The predicted molar refractivity (Wildman–Crippen MR) is 90.1 cm³/mol. The van der Waals surface area contributed by atoms with Gasteiger partial charge in [0.15, 0.2) is 11.9 Å². The summed E-state index contributed by atoms with van der Waals surface area (Å²) in [5, 5.41) is 23.9. The van der Waals surface area contributed by atoms with Gasteiger partial charge in [0.1, 0.15) is 11.6 Å². The molecular weight excluding hydrogens is 342 g/mol. The van der Waals surface area contributed by atoms with Crippen molar-refractivity contribution in [1.82, 2.24) is 28.9 Å². The van der Waals surface area contributed by atoms with Gasteiger partial charge < -0.3 is 20.7 Å². The molecule has 3 aromatic heterocycles. The summed E-state index contributed by atoms with van der Waals surface area (Å²) in [6, 6.07) is 1.80. The number of ether oxygens (including phenoxy) is 1. The van der Waals surface area contributed by atoms with Crippen LogP contribution in [0.15, 0.2) is 23.3 Å². The minimum Gasteiger partial charge on any atom is -0.394 e. The Kier molecular flexibility index (Phi) is 3.98. The molecule has 0 amide bonds. The summed E-state index contributed by atoms with van der Waals surface area (Å²) in [4.78, 5) is 21.2. The van der Waals surface area contributed by atoms with Crippen molar-refractivity contribution in [3.05, 3.63) is 34.6 Å². The van der Waals surface area contributed by atoms with Crippen molar-refractivity contribution in [2.24, 2.45) is 7.05 Å². The number of nitrogen functional groups attached to an aromatic ring is 1. The van der Waals surface area contributed by atoms with Gasteiger partial charge in [-0.15, -0.1) is 0 Å². The molecule has 1 saturated heterocycles. The molecule has 0 aromatic carbocycles. The normalized spacial score (nSPS) is 23.1. The second-order valence-electron chi connectivity index (χ2n) is 6.29. The summed E-state index contributed by atoms with van der Waals surface area (Å²) in [6.07, 6.45) is 1.01. The number of nitrogens with two attached hydrogens (primary N) is 1. The SMILES string of the molecule is Cn1ccc(Cn2c(=O)n([C@@H]3O[C@H](CO)C[C@H]3O)c3nc(N)ncc32)n1. The number of fused-ring (bicyclic) bond motifs is 1. The molecule has 1 fully saturated rings. The Balaban J connectivity index is 1.86. The van der Waals surface area contributed by atoms with E-state index in [-0.39, 0.29) is 31.2 Å². The molecule has 0 spiro atoms. The van der Waals surface area contributed by atoms with Gasteiger partial charge in [-0.1, -0.05) is 0 Å². The zero-order valence-corrected chi connectivity index (χ0v) is 14.1. The van der Waals surface area contributed by atoms with Gasteiger partial charge in [0.2, 0.25) is 5.95 Å². The first-order valence-electron chi connectivity index (χ1n) is 8.14. The predicted octanol–water partition coefficient (Wildman–Crippen LogP) is -1.40. The van der Waals surface area contributed by atoms with Gasteiger partial charge >= 0.3 is 5.69 Å². The molecular formula is C15H19N7O4. The van der Waals surface area contributed by atoms with Crippen LogP contribution in [-0.4, -0.2) is 57.9 Å². The highest BCUT2D eigenvalue weighted by Gasteiger charge is 2.37. The van der Waals surface area contributed by atoms with E-state index < -0.39 is 24.1 Å². The number of aliphatic hydroxyl groups excluding tert-OH is 2. The third-order valence-corrected chi connectivity index (χ3v) is 4.44. The molecule has 1 aliphatic heterocycles. The standard InChI is InChI=1S/C15H19N7O4/c1-20-3-2-8(19-20)6-21-10-5-17-14(16)18-12(10)22(15(21)25)13-11(24)4-9(7-23)26-13/h2-3,5,9,11,13,23-24H,4,6-7H2,1H3,(H2,16,17,18)/t9-,11+,13+/m0/s1. The Bertz CT molecular complexity index is 1010. The molecule has 138 valence electrons. The molecule has 3 atom stereocenters. The minimum atomic E-state index is -0.957. The first kappa shape index (κ1) is 16.7. The molecule has 0 aliphatic carbocycles. The van der Waals surface area contributed by atoms with Gasteiger partial charge in [0, 0.05) is 19.7 Å². The first-order valence-corrected chi connectivity index (χ1v) is 8.14. The minimum absolute atomic E-state index is 0.00688. The van der Waals surface area contributed by atoms with Crippen molar-refractivity contribution in [3.63, 3.8) is 0 Å². The highest BCUT2D eigenvalue weighted by Crippen LogP contribution is 2.30. The Morgan fingerprint density at radius 2 is 2.27 bits per heavy atom. The Morgan fingerprint density at radius 3 is 2.92 bits per heavy atom. The van der Waals surface area contributed by atoms with Crippen LogP contribution in [0.4, 0.5) is 5.95 Å². The Morgan fingerprint density at radius 1 is 1.46 bits per heavy atom. The van der Waals surface area contributed by atoms with Crippen LogP contribution in [0.5, 0.6) is 0 Å².